The Hall–Kier alpha value is -2.95. The molecule has 0 atom stereocenters. The van der Waals surface area contributed by atoms with Crippen LogP contribution in [0.3, 0.4) is 0 Å². The third kappa shape index (κ3) is 3.82. The molecule has 7 nitrogen and oxygen atoms in total. The van der Waals surface area contributed by atoms with Crippen molar-refractivity contribution in [3.63, 3.8) is 0 Å². The molecule has 0 saturated carbocycles. The van der Waals surface area contributed by atoms with Gasteiger partial charge in [-0.3, -0.25) is 5.10 Å². The largest absolute Gasteiger partial charge is 0.453 e. The number of aromatic amines is 1. The van der Waals surface area contributed by atoms with E-state index in [1.54, 1.807) is 13.0 Å². The Labute approximate surface area is 149 Å². The number of furan rings is 1. The molecule has 0 saturated heterocycles. The van der Waals surface area contributed by atoms with Crippen LogP contribution in [0, 0.1) is 23.0 Å². The number of hydrogen-bond donors (Lipinski definition) is 2. The third-order valence-electron chi connectivity index (χ3n) is 3.20. The Morgan fingerprint density at radius 1 is 1.23 bits per heavy atom. The Bertz CT molecular complexity index is 960. The van der Waals surface area contributed by atoms with Crippen molar-refractivity contribution in [2.24, 2.45) is 10.3 Å². The summed E-state index contributed by atoms with van der Waals surface area (Å²) in [4.78, 5) is 4.23. The number of hydrogen-bond acceptors (Lipinski definition) is 6. The van der Waals surface area contributed by atoms with E-state index in [0.717, 1.165) is 12.1 Å². The van der Waals surface area contributed by atoms with Gasteiger partial charge in [0.1, 0.15) is 5.76 Å². The van der Waals surface area contributed by atoms with Crippen molar-refractivity contribution < 1.29 is 17.6 Å². The lowest BCUT2D eigenvalue weighted by Crippen LogP contribution is -1.94. The fraction of sp³-hybridized carbons (Fsp3) is 0.133. The average Bonchev–Trinajstić information content (AvgIpc) is 3.27. The SMILES string of the molecule is CC(CSc1n[nH]c(-c2ccc(-c3cc(F)c(F)c(F)c3)o2)n1)=NN=N. The summed E-state index contributed by atoms with van der Waals surface area (Å²) in [6, 6.07) is 4.74. The molecule has 0 fully saturated rings. The molecule has 0 radical (unpaired) electrons. The molecule has 0 aliphatic rings. The highest BCUT2D eigenvalue weighted by atomic mass is 32.2. The van der Waals surface area contributed by atoms with Crippen LogP contribution < -0.4 is 0 Å². The van der Waals surface area contributed by atoms with Crippen molar-refractivity contribution in [1.82, 2.24) is 15.2 Å². The highest BCUT2D eigenvalue weighted by Crippen LogP contribution is 2.29. The van der Waals surface area contributed by atoms with E-state index in [1.165, 1.54) is 17.8 Å². The molecule has 2 N–H and O–H groups in total. The van der Waals surface area contributed by atoms with Gasteiger partial charge in [-0.25, -0.2) is 13.2 Å². The summed E-state index contributed by atoms with van der Waals surface area (Å²) in [6.07, 6.45) is 0. The topological polar surface area (TPSA) is 103 Å². The van der Waals surface area contributed by atoms with E-state index in [1.807, 2.05) is 0 Å². The van der Waals surface area contributed by atoms with Gasteiger partial charge < -0.3 is 4.42 Å². The molecule has 0 spiro atoms. The lowest BCUT2D eigenvalue weighted by molar-refractivity contribution is 0.447. The first-order valence-electron chi connectivity index (χ1n) is 7.18. The average molecular weight is 380 g/mol. The summed E-state index contributed by atoms with van der Waals surface area (Å²) >= 11 is 1.28. The molecule has 26 heavy (non-hydrogen) atoms. The van der Waals surface area contributed by atoms with E-state index in [2.05, 4.69) is 25.5 Å². The lowest BCUT2D eigenvalue weighted by Gasteiger charge is -2.00. The fourth-order valence-electron chi connectivity index (χ4n) is 2.02. The van der Waals surface area contributed by atoms with Crippen LogP contribution in [-0.4, -0.2) is 26.6 Å². The number of halogens is 3. The van der Waals surface area contributed by atoms with Crippen LogP contribution in [0.4, 0.5) is 13.2 Å². The first kappa shape index (κ1) is 17.9. The van der Waals surface area contributed by atoms with Crippen molar-refractivity contribution in [2.45, 2.75) is 12.1 Å². The molecule has 2 aromatic heterocycles. The predicted molar refractivity (Wildman–Crippen MR) is 88.4 cm³/mol. The summed E-state index contributed by atoms with van der Waals surface area (Å²) < 4.78 is 45.3. The smallest absolute Gasteiger partial charge is 0.209 e. The van der Waals surface area contributed by atoms with Crippen LogP contribution >= 0.6 is 11.8 Å². The van der Waals surface area contributed by atoms with Crippen LogP contribution in [0.2, 0.25) is 0 Å². The quantitative estimate of drug-likeness (QED) is 0.214. The third-order valence-corrected chi connectivity index (χ3v) is 4.21. The zero-order valence-electron chi connectivity index (χ0n) is 13.3. The molecule has 0 aliphatic carbocycles. The van der Waals surface area contributed by atoms with E-state index in [9.17, 15) is 13.2 Å². The highest BCUT2D eigenvalue weighted by Gasteiger charge is 2.16. The van der Waals surface area contributed by atoms with Gasteiger partial charge in [-0.15, -0.1) is 10.2 Å². The van der Waals surface area contributed by atoms with Gasteiger partial charge in [0.2, 0.25) is 5.16 Å². The van der Waals surface area contributed by atoms with E-state index in [-0.39, 0.29) is 11.3 Å². The van der Waals surface area contributed by atoms with Gasteiger partial charge >= 0.3 is 0 Å². The maximum atomic E-state index is 13.3. The summed E-state index contributed by atoms with van der Waals surface area (Å²) in [5.41, 5.74) is 7.35. The van der Waals surface area contributed by atoms with Crippen molar-refractivity contribution in [3.8, 4) is 22.9 Å². The van der Waals surface area contributed by atoms with E-state index < -0.39 is 17.5 Å². The number of nitrogens with zero attached hydrogens (tertiary/aromatic N) is 4. The van der Waals surface area contributed by atoms with Gasteiger partial charge in [-0.2, -0.15) is 10.5 Å². The second-order valence-electron chi connectivity index (χ2n) is 5.11. The molecular weight excluding hydrogens is 369 g/mol. The minimum atomic E-state index is -1.53. The number of thioether (sulfide) groups is 1. The number of aromatic nitrogens is 3. The Kier molecular flexibility index (Phi) is 5.16. The molecule has 0 unspecified atom stereocenters. The van der Waals surface area contributed by atoms with Crippen molar-refractivity contribution in [3.05, 3.63) is 41.7 Å². The van der Waals surface area contributed by atoms with Gasteiger partial charge in [0, 0.05) is 17.0 Å². The van der Waals surface area contributed by atoms with E-state index in [0.29, 0.717) is 28.2 Å². The van der Waals surface area contributed by atoms with Gasteiger partial charge in [0.25, 0.3) is 0 Å². The summed E-state index contributed by atoms with van der Waals surface area (Å²) in [5.74, 6) is -2.90. The molecule has 0 aliphatic heterocycles. The van der Waals surface area contributed by atoms with Gasteiger partial charge in [0.05, 0.1) is 0 Å². The normalized spacial score (nSPS) is 11.8. The molecule has 0 bridgehead atoms. The summed E-state index contributed by atoms with van der Waals surface area (Å²) in [5, 5.41) is 13.6. The molecule has 3 rings (SSSR count). The number of nitrogens with one attached hydrogen (secondary N) is 2. The molecule has 1 aromatic carbocycles. The predicted octanol–water partition coefficient (Wildman–Crippen LogP) is 4.65. The molecular formula is C15H11F3N6OS. The van der Waals surface area contributed by atoms with Crippen molar-refractivity contribution in [2.75, 3.05) is 5.75 Å². The van der Waals surface area contributed by atoms with Gasteiger partial charge in [-0.05, 0) is 31.2 Å². The number of rotatable bonds is 6. The minimum absolute atomic E-state index is 0.0627. The van der Waals surface area contributed by atoms with Gasteiger partial charge in [0.15, 0.2) is 29.0 Å². The van der Waals surface area contributed by atoms with Crippen LogP contribution in [0.25, 0.3) is 22.9 Å². The maximum absolute atomic E-state index is 13.3. The van der Waals surface area contributed by atoms with Crippen LogP contribution in [0.1, 0.15) is 6.92 Å². The van der Waals surface area contributed by atoms with Crippen LogP contribution in [0.5, 0.6) is 0 Å². The standard InChI is InChI=1S/C15H11F3N6OS/c1-7(21-24-19)6-26-15-20-14(22-23-15)12-3-2-11(25-12)8-4-9(16)13(18)10(17)5-8/h2-5,19H,6H2,1H3,(H,20,22,23). The minimum Gasteiger partial charge on any atom is -0.453 e. The zero-order chi connectivity index (χ0) is 18.7. The van der Waals surface area contributed by atoms with Gasteiger partial charge in [-0.1, -0.05) is 17.0 Å². The van der Waals surface area contributed by atoms with Crippen LogP contribution in [0.15, 0.2) is 44.2 Å². The number of benzene rings is 1. The zero-order valence-corrected chi connectivity index (χ0v) is 14.1. The molecule has 0 amide bonds. The Morgan fingerprint density at radius 3 is 2.62 bits per heavy atom. The Morgan fingerprint density at radius 2 is 1.92 bits per heavy atom. The highest BCUT2D eigenvalue weighted by molar-refractivity contribution is 7.99. The van der Waals surface area contributed by atoms with Crippen molar-refractivity contribution in [1.29, 1.82) is 5.53 Å². The fourth-order valence-corrected chi connectivity index (χ4v) is 2.68. The monoisotopic (exact) mass is 380 g/mol. The summed E-state index contributed by atoms with van der Waals surface area (Å²) in [7, 11) is 0. The second kappa shape index (κ2) is 7.52. The van der Waals surface area contributed by atoms with Crippen molar-refractivity contribution >= 4 is 17.5 Å². The first-order chi connectivity index (χ1) is 12.5. The second-order valence-corrected chi connectivity index (χ2v) is 6.05. The number of H-pyrrole nitrogens is 1. The lowest BCUT2D eigenvalue weighted by atomic mass is 10.1. The van der Waals surface area contributed by atoms with E-state index >= 15 is 0 Å². The Balaban J connectivity index is 1.78. The molecule has 11 heteroatoms. The molecule has 2 heterocycles. The molecule has 3 aromatic rings. The summed E-state index contributed by atoms with van der Waals surface area (Å²) in [6.45, 7) is 1.72. The maximum Gasteiger partial charge on any atom is 0.209 e. The molecule has 134 valence electrons. The van der Waals surface area contributed by atoms with Crippen LogP contribution in [-0.2, 0) is 0 Å². The van der Waals surface area contributed by atoms with E-state index in [4.69, 9.17) is 9.95 Å². The first-order valence-corrected chi connectivity index (χ1v) is 8.16.